The summed E-state index contributed by atoms with van der Waals surface area (Å²) < 4.78 is 5.65. The summed E-state index contributed by atoms with van der Waals surface area (Å²) in [5.41, 5.74) is 0.207. The Labute approximate surface area is 94.2 Å². The minimum atomic E-state index is 0.207. The number of rotatable bonds is 4. The number of hydrogen-bond acceptors (Lipinski definition) is 3. The topological polar surface area (TPSA) is 24.5 Å². The molecule has 1 aliphatic heterocycles. The van der Waals surface area contributed by atoms with Crippen LogP contribution in [0.2, 0.25) is 0 Å². The van der Waals surface area contributed by atoms with E-state index in [0.717, 1.165) is 32.7 Å². The molecule has 0 aromatic carbocycles. The molecule has 1 N–H and O–H groups in total. The molecule has 15 heavy (non-hydrogen) atoms. The average molecular weight is 214 g/mol. The van der Waals surface area contributed by atoms with Crippen molar-refractivity contribution >= 4 is 0 Å². The second-order valence-corrected chi connectivity index (χ2v) is 5.18. The van der Waals surface area contributed by atoms with Crippen molar-refractivity contribution in [1.29, 1.82) is 0 Å². The van der Waals surface area contributed by atoms with Gasteiger partial charge in [0, 0.05) is 31.8 Å². The van der Waals surface area contributed by atoms with Gasteiger partial charge in [0.25, 0.3) is 0 Å². The quantitative estimate of drug-likeness (QED) is 0.767. The van der Waals surface area contributed by atoms with Crippen LogP contribution < -0.4 is 5.32 Å². The molecule has 1 aliphatic rings. The van der Waals surface area contributed by atoms with E-state index in [9.17, 15) is 0 Å². The second kappa shape index (κ2) is 5.83. The smallest absolute Gasteiger partial charge is 0.0673 e. The molecule has 0 amide bonds. The van der Waals surface area contributed by atoms with Gasteiger partial charge in [0.1, 0.15) is 0 Å². The van der Waals surface area contributed by atoms with Crippen LogP contribution in [0.1, 0.15) is 34.1 Å². The van der Waals surface area contributed by atoms with E-state index in [1.807, 2.05) is 0 Å². The summed E-state index contributed by atoms with van der Waals surface area (Å²) in [5.74, 6) is 0. The van der Waals surface area contributed by atoms with Crippen molar-refractivity contribution in [3.8, 4) is 0 Å². The lowest BCUT2D eigenvalue weighted by Crippen LogP contribution is -2.50. The lowest BCUT2D eigenvalue weighted by atomic mass is 10.0. The van der Waals surface area contributed by atoms with Gasteiger partial charge in [0.2, 0.25) is 0 Å². The molecule has 3 nitrogen and oxygen atoms in total. The van der Waals surface area contributed by atoms with Crippen molar-refractivity contribution in [3.63, 3.8) is 0 Å². The third kappa shape index (κ3) is 4.96. The largest absolute Gasteiger partial charge is 0.377 e. The van der Waals surface area contributed by atoms with Gasteiger partial charge in [-0.15, -0.1) is 0 Å². The van der Waals surface area contributed by atoms with Crippen molar-refractivity contribution in [1.82, 2.24) is 10.2 Å². The van der Waals surface area contributed by atoms with Gasteiger partial charge in [-0.05, 0) is 33.7 Å². The van der Waals surface area contributed by atoms with E-state index in [4.69, 9.17) is 4.74 Å². The lowest BCUT2D eigenvalue weighted by Gasteiger charge is -2.33. The van der Waals surface area contributed by atoms with Crippen LogP contribution in [0.25, 0.3) is 0 Å². The molecular weight excluding hydrogens is 188 g/mol. The van der Waals surface area contributed by atoms with Gasteiger partial charge in [0.15, 0.2) is 0 Å². The monoisotopic (exact) mass is 214 g/mol. The number of hydrogen-bond donors (Lipinski definition) is 1. The van der Waals surface area contributed by atoms with Crippen molar-refractivity contribution in [2.24, 2.45) is 0 Å². The summed E-state index contributed by atoms with van der Waals surface area (Å²) in [6.45, 7) is 14.2. The summed E-state index contributed by atoms with van der Waals surface area (Å²) in [5, 5.41) is 3.52. The SMILES string of the molecule is CCNC(C)(C)CN1CCCOC(C)C1. The van der Waals surface area contributed by atoms with Gasteiger partial charge in [-0.25, -0.2) is 0 Å². The van der Waals surface area contributed by atoms with Crippen molar-refractivity contribution in [3.05, 3.63) is 0 Å². The van der Waals surface area contributed by atoms with Crippen LogP contribution in [0.3, 0.4) is 0 Å². The highest BCUT2D eigenvalue weighted by Crippen LogP contribution is 2.10. The molecule has 0 radical (unpaired) electrons. The average Bonchev–Trinajstić information content (AvgIpc) is 2.28. The van der Waals surface area contributed by atoms with Crippen LogP contribution >= 0.6 is 0 Å². The van der Waals surface area contributed by atoms with E-state index < -0.39 is 0 Å². The third-order valence-electron chi connectivity index (χ3n) is 2.81. The fraction of sp³-hybridized carbons (Fsp3) is 1.00. The fourth-order valence-electron chi connectivity index (χ4n) is 2.32. The molecule has 0 saturated carbocycles. The molecule has 0 spiro atoms. The molecule has 3 heteroatoms. The first-order chi connectivity index (χ1) is 7.03. The highest BCUT2D eigenvalue weighted by molar-refractivity contribution is 4.82. The van der Waals surface area contributed by atoms with E-state index in [1.165, 1.54) is 6.54 Å². The standard InChI is InChI=1S/C12H26N2O/c1-5-13-12(3,4)10-14-7-6-8-15-11(2)9-14/h11,13H,5-10H2,1-4H3. The maximum atomic E-state index is 5.65. The number of ether oxygens (including phenoxy) is 1. The van der Waals surface area contributed by atoms with Gasteiger partial charge in [-0.2, -0.15) is 0 Å². The molecule has 1 unspecified atom stereocenters. The van der Waals surface area contributed by atoms with Crippen LogP contribution in [0, 0.1) is 0 Å². The van der Waals surface area contributed by atoms with Gasteiger partial charge in [0.05, 0.1) is 6.10 Å². The summed E-state index contributed by atoms with van der Waals surface area (Å²) >= 11 is 0. The molecule has 1 saturated heterocycles. The minimum absolute atomic E-state index is 0.207. The summed E-state index contributed by atoms with van der Waals surface area (Å²) in [4.78, 5) is 2.51. The zero-order valence-corrected chi connectivity index (χ0v) is 10.7. The molecule has 0 bridgehead atoms. The van der Waals surface area contributed by atoms with Crippen LogP contribution in [0.15, 0.2) is 0 Å². The molecule has 1 atom stereocenters. The molecule has 1 fully saturated rings. The Bertz CT molecular complexity index is 182. The third-order valence-corrected chi connectivity index (χ3v) is 2.81. The first kappa shape index (κ1) is 12.9. The number of nitrogens with one attached hydrogen (secondary N) is 1. The van der Waals surface area contributed by atoms with Gasteiger partial charge in [-0.1, -0.05) is 6.92 Å². The summed E-state index contributed by atoms with van der Waals surface area (Å²) in [7, 11) is 0. The van der Waals surface area contributed by atoms with Crippen LogP contribution in [-0.2, 0) is 4.74 Å². The van der Waals surface area contributed by atoms with Gasteiger partial charge in [-0.3, -0.25) is 4.90 Å². The maximum Gasteiger partial charge on any atom is 0.0673 e. The molecule has 90 valence electrons. The predicted octanol–water partition coefficient (Wildman–Crippen LogP) is 1.49. The normalized spacial score (nSPS) is 25.2. The molecule has 0 aromatic rings. The fourth-order valence-corrected chi connectivity index (χ4v) is 2.32. The highest BCUT2D eigenvalue weighted by atomic mass is 16.5. The van der Waals surface area contributed by atoms with Crippen molar-refractivity contribution in [2.75, 3.05) is 32.8 Å². The van der Waals surface area contributed by atoms with E-state index in [2.05, 4.69) is 37.9 Å². The molecule has 1 rings (SSSR count). The van der Waals surface area contributed by atoms with E-state index in [-0.39, 0.29) is 5.54 Å². The molecule has 0 aromatic heterocycles. The first-order valence-electron chi connectivity index (χ1n) is 6.12. The Kier molecular flexibility index (Phi) is 5.03. The summed E-state index contributed by atoms with van der Waals surface area (Å²) in [6, 6.07) is 0. The zero-order valence-electron chi connectivity index (χ0n) is 10.7. The first-order valence-corrected chi connectivity index (χ1v) is 6.12. The Morgan fingerprint density at radius 1 is 1.47 bits per heavy atom. The second-order valence-electron chi connectivity index (χ2n) is 5.18. The van der Waals surface area contributed by atoms with Crippen molar-refractivity contribution in [2.45, 2.75) is 45.8 Å². The van der Waals surface area contributed by atoms with Crippen LogP contribution in [-0.4, -0.2) is 49.3 Å². The van der Waals surface area contributed by atoms with E-state index >= 15 is 0 Å². The number of nitrogens with zero attached hydrogens (tertiary/aromatic N) is 1. The Morgan fingerprint density at radius 2 is 2.20 bits per heavy atom. The van der Waals surface area contributed by atoms with Gasteiger partial charge >= 0.3 is 0 Å². The van der Waals surface area contributed by atoms with Gasteiger partial charge < -0.3 is 10.1 Å². The highest BCUT2D eigenvalue weighted by Gasteiger charge is 2.23. The van der Waals surface area contributed by atoms with Crippen molar-refractivity contribution < 1.29 is 4.74 Å². The Morgan fingerprint density at radius 3 is 2.87 bits per heavy atom. The van der Waals surface area contributed by atoms with E-state index in [1.54, 1.807) is 0 Å². The summed E-state index contributed by atoms with van der Waals surface area (Å²) in [6.07, 6.45) is 1.54. The Hall–Kier alpha value is -0.120. The number of likely N-dealkylation sites (N-methyl/N-ethyl adjacent to an activating group) is 1. The minimum Gasteiger partial charge on any atom is -0.377 e. The molecular formula is C12H26N2O. The predicted molar refractivity (Wildman–Crippen MR) is 64.2 cm³/mol. The van der Waals surface area contributed by atoms with Crippen LogP contribution in [0.5, 0.6) is 0 Å². The maximum absolute atomic E-state index is 5.65. The zero-order chi connectivity index (χ0) is 11.3. The Balaban J connectivity index is 2.41. The molecule has 0 aliphatic carbocycles. The van der Waals surface area contributed by atoms with E-state index in [0.29, 0.717) is 6.10 Å². The van der Waals surface area contributed by atoms with Crippen LogP contribution in [0.4, 0.5) is 0 Å². The lowest BCUT2D eigenvalue weighted by molar-refractivity contribution is 0.0642. The molecule has 1 heterocycles.